The van der Waals surface area contributed by atoms with Crippen LogP contribution < -0.4 is 10.6 Å². The van der Waals surface area contributed by atoms with E-state index in [9.17, 15) is 29.4 Å². The van der Waals surface area contributed by atoms with E-state index in [0.717, 1.165) is 16.2 Å². The van der Waals surface area contributed by atoms with E-state index in [-0.39, 0.29) is 40.6 Å². The molecule has 0 saturated carbocycles. The van der Waals surface area contributed by atoms with Crippen LogP contribution in [0.15, 0.2) is 48.8 Å². The first-order valence-corrected chi connectivity index (χ1v) is 17.6. The van der Waals surface area contributed by atoms with Crippen LogP contribution in [-0.4, -0.2) is 49.9 Å². The Bertz CT molecular complexity index is 1680. The molecule has 14 heteroatoms. The highest BCUT2D eigenvalue weighted by Crippen LogP contribution is 2.39. The number of thiazole rings is 2. The molecule has 0 saturated heterocycles. The van der Waals surface area contributed by atoms with E-state index >= 15 is 0 Å². The number of nitrogens with one attached hydrogen (secondary N) is 2. The van der Waals surface area contributed by atoms with Crippen molar-refractivity contribution in [1.29, 1.82) is 0 Å². The highest BCUT2D eigenvalue weighted by molar-refractivity contribution is 7.14. The molecule has 4 aromatic rings. The molecule has 2 heterocycles. The summed E-state index contributed by atoms with van der Waals surface area (Å²) >= 11 is 16.0. The van der Waals surface area contributed by atoms with Gasteiger partial charge in [0.1, 0.15) is 6.04 Å². The van der Waals surface area contributed by atoms with Gasteiger partial charge < -0.3 is 15.5 Å². The molecule has 0 radical (unpaired) electrons. The molecule has 0 spiro atoms. The van der Waals surface area contributed by atoms with Crippen LogP contribution in [0, 0.1) is 17.8 Å². The molecule has 2 aromatic carbocycles. The van der Waals surface area contributed by atoms with Crippen LogP contribution in [0.2, 0.25) is 10.0 Å². The topological polar surface area (TPSA) is 159 Å². The first-order valence-electron chi connectivity index (χ1n) is 15.3. The number of aliphatic carboxylic acids is 2. The van der Waals surface area contributed by atoms with Gasteiger partial charge in [0.05, 0.1) is 21.7 Å². The summed E-state index contributed by atoms with van der Waals surface area (Å²) in [5.74, 6) is -3.04. The predicted octanol–water partition coefficient (Wildman–Crippen LogP) is 7.74. The first-order chi connectivity index (χ1) is 22.8. The molecule has 254 valence electrons. The Hall–Kier alpha value is -3.68. The minimum Gasteiger partial charge on any atom is -0.481 e. The molecule has 0 aliphatic heterocycles. The Morgan fingerprint density at radius 3 is 2.08 bits per heavy atom. The number of aryl methyl sites for hydroxylation is 1. The quantitative estimate of drug-likeness (QED) is 0.0846. The van der Waals surface area contributed by atoms with Crippen LogP contribution in [0.25, 0.3) is 11.1 Å². The molecule has 0 bridgehead atoms. The SMILES string of the molecule is CC(C)[C@H](CCc1cnc(C(=O)Cc2cccc(-c3cccc(NC(=O)c4ncc(CN[C@H](C(=O)O)C(C)C)s4)c3Cl)c2Cl)s1)C(=O)O. The number of hydrogen-bond donors (Lipinski definition) is 4. The maximum Gasteiger partial charge on any atom is 0.320 e. The number of ketones is 1. The number of carboxylic acids is 2. The van der Waals surface area contributed by atoms with Crippen molar-refractivity contribution in [3.8, 4) is 11.1 Å². The summed E-state index contributed by atoms with van der Waals surface area (Å²) in [4.78, 5) is 59.3. The molecular weight excluding hydrogens is 695 g/mol. The number of benzene rings is 2. The third-order valence-electron chi connectivity index (χ3n) is 7.76. The molecule has 0 fully saturated rings. The van der Waals surface area contributed by atoms with E-state index in [0.29, 0.717) is 50.1 Å². The maximum atomic E-state index is 13.2. The summed E-state index contributed by atoms with van der Waals surface area (Å²) in [6.45, 7) is 7.64. The number of halogens is 2. The molecule has 2 aromatic heterocycles. The number of anilines is 1. The number of carbonyl (C=O) groups excluding carboxylic acids is 2. The summed E-state index contributed by atoms with van der Waals surface area (Å²) in [5, 5.41) is 25.7. The van der Waals surface area contributed by atoms with Gasteiger partial charge in [-0.1, -0.05) is 81.2 Å². The lowest BCUT2D eigenvalue weighted by molar-refractivity contribution is -0.143. The Balaban J connectivity index is 1.44. The van der Waals surface area contributed by atoms with Crippen LogP contribution >= 0.6 is 45.9 Å². The standard InChI is InChI=1S/C34H36Cl2N4O6S2/c1-17(2)22(33(43)44)12-11-20-14-38-31(47-20)26(41)13-19-7-5-8-23(27(19)35)24-9-6-10-25(28(24)36)40-30(42)32-39-16-21(48-32)15-37-29(18(3)4)34(45)46/h5-10,14,16-18,22,29,37H,11-13,15H2,1-4H3,(H,40,42)(H,43,44)(H,45,46)/t22-,29-/m0/s1. The third kappa shape index (κ3) is 9.26. The summed E-state index contributed by atoms with van der Waals surface area (Å²) in [5.41, 5.74) is 2.06. The van der Waals surface area contributed by atoms with Crippen LogP contribution in [0.3, 0.4) is 0 Å². The second-order valence-electron chi connectivity index (χ2n) is 11.9. The van der Waals surface area contributed by atoms with Gasteiger partial charge in [0, 0.05) is 46.2 Å². The molecule has 48 heavy (non-hydrogen) atoms. The minimum absolute atomic E-state index is 0.00140. The van der Waals surface area contributed by atoms with Gasteiger partial charge in [0.15, 0.2) is 15.8 Å². The van der Waals surface area contributed by atoms with Crippen molar-refractivity contribution >= 4 is 75.2 Å². The second kappa shape index (κ2) is 16.6. The molecule has 10 nitrogen and oxygen atoms in total. The summed E-state index contributed by atoms with van der Waals surface area (Å²) in [6, 6.07) is 9.73. The first kappa shape index (κ1) is 37.1. The molecular formula is C34H36Cl2N4O6S2. The Morgan fingerprint density at radius 2 is 1.44 bits per heavy atom. The molecule has 0 aliphatic rings. The van der Waals surface area contributed by atoms with Crippen LogP contribution in [0.4, 0.5) is 5.69 Å². The van der Waals surface area contributed by atoms with Crippen molar-refractivity contribution in [2.75, 3.05) is 5.32 Å². The average molecular weight is 732 g/mol. The van der Waals surface area contributed by atoms with E-state index in [4.69, 9.17) is 23.2 Å². The zero-order chi connectivity index (χ0) is 35.1. The smallest absolute Gasteiger partial charge is 0.320 e. The predicted molar refractivity (Wildman–Crippen MR) is 189 cm³/mol. The number of carboxylic acid groups (broad SMARTS) is 2. The van der Waals surface area contributed by atoms with Gasteiger partial charge >= 0.3 is 11.9 Å². The lowest BCUT2D eigenvalue weighted by Gasteiger charge is -2.17. The van der Waals surface area contributed by atoms with E-state index in [2.05, 4.69) is 20.6 Å². The Kier molecular flexibility index (Phi) is 12.9. The Labute approximate surface area is 296 Å². The normalized spacial score (nSPS) is 12.7. The second-order valence-corrected chi connectivity index (χ2v) is 14.9. The van der Waals surface area contributed by atoms with Gasteiger partial charge in [-0.25, -0.2) is 9.97 Å². The number of aromatic nitrogens is 2. The highest BCUT2D eigenvalue weighted by Gasteiger charge is 2.24. The van der Waals surface area contributed by atoms with Crippen LogP contribution in [0.1, 0.15) is 69.0 Å². The summed E-state index contributed by atoms with van der Waals surface area (Å²) in [6.07, 6.45) is 4.15. The zero-order valence-corrected chi connectivity index (χ0v) is 29.9. The fraction of sp³-hybridized carbons (Fsp3) is 0.353. The minimum atomic E-state index is -0.945. The number of rotatable bonds is 16. The summed E-state index contributed by atoms with van der Waals surface area (Å²) in [7, 11) is 0. The van der Waals surface area contributed by atoms with Crippen molar-refractivity contribution in [3.63, 3.8) is 0 Å². The molecule has 4 N–H and O–H groups in total. The van der Waals surface area contributed by atoms with Gasteiger partial charge in [-0.05, 0) is 36.3 Å². The number of hydrogen-bond acceptors (Lipinski definition) is 9. The van der Waals surface area contributed by atoms with Gasteiger partial charge in [0.2, 0.25) is 0 Å². The van der Waals surface area contributed by atoms with E-state index < -0.39 is 29.8 Å². The van der Waals surface area contributed by atoms with E-state index in [1.54, 1.807) is 42.6 Å². The molecule has 4 rings (SSSR count). The van der Waals surface area contributed by atoms with Crippen LogP contribution in [0.5, 0.6) is 0 Å². The zero-order valence-electron chi connectivity index (χ0n) is 26.8. The maximum absolute atomic E-state index is 13.2. The van der Waals surface area contributed by atoms with Crippen molar-refractivity contribution in [1.82, 2.24) is 15.3 Å². The third-order valence-corrected chi connectivity index (χ3v) is 10.7. The number of Topliss-reactive ketones (excluding diaryl/α,β-unsaturated/α-hetero) is 1. The molecule has 0 aliphatic carbocycles. The lowest BCUT2D eigenvalue weighted by atomic mass is 9.91. The van der Waals surface area contributed by atoms with Crippen LogP contribution in [-0.2, 0) is 29.0 Å². The largest absolute Gasteiger partial charge is 0.481 e. The molecule has 2 atom stereocenters. The highest BCUT2D eigenvalue weighted by atomic mass is 35.5. The number of nitrogens with zero attached hydrogens (tertiary/aromatic N) is 2. The van der Waals surface area contributed by atoms with Gasteiger partial charge in [0.25, 0.3) is 5.91 Å². The number of amides is 1. The molecule has 0 unspecified atom stereocenters. The van der Waals surface area contributed by atoms with Gasteiger partial charge in [-0.15, -0.1) is 22.7 Å². The fourth-order valence-corrected chi connectivity index (χ4v) is 7.28. The van der Waals surface area contributed by atoms with Gasteiger partial charge in [-0.2, -0.15) is 0 Å². The van der Waals surface area contributed by atoms with Gasteiger partial charge in [-0.3, -0.25) is 24.5 Å². The van der Waals surface area contributed by atoms with E-state index in [1.807, 2.05) is 27.7 Å². The van der Waals surface area contributed by atoms with Crippen molar-refractivity contribution < 1.29 is 29.4 Å². The molecule has 1 amide bonds. The van der Waals surface area contributed by atoms with Crippen molar-refractivity contribution in [3.05, 3.63) is 84.2 Å². The average Bonchev–Trinajstić information content (AvgIpc) is 3.69. The van der Waals surface area contributed by atoms with E-state index in [1.165, 1.54) is 17.5 Å². The Morgan fingerprint density at radius 1 is 0.812 bits per heavy atom. The van der Waals surface area contributed by atoms with Crippen molar-refractivity contribution in [2.45, 2.75) is 59.5 Å². The fourth-order valence-electron chi connectivity index (χ4n) is 5.09. The number of carbonyl (C=O) groups is 4. The summed E-state index contributed by atoms with van der Waals surface area (Å²) < 4.78 is 0. The lowest BCUT2D eigenvalue weighted by Crippen LogP contribution is -2.40. The van der Waals surface area contributed by atoms with Crippen molar-refractivity contribution in [2.24, 2.45) is 17.8 Å². The monoisotopic (exact) mass is 730 g/mol.